The summed E-state index contributed by atoms with van der Waals surface area (Å²) in [4.78, 5) is 15.4. The summed E-state index contributed by atoms with van der Waals surface area (Å²) in [5.74, 6) is 3.03. The third-order valence-electron chi connectivity index (χ3n) is 4.89. The molecule has 7 heteroatoms. The predicted molar refractivity (Wildman–Crippen MR) is 94.9 cm³/mol. The van der Waals surface area contributed by atoms with Crippen LogP contribution in [0.4, 0.5) is 5.82 Å². The summed E-state index contributed by atoms with van der Waals surface area (Å²) in [6.45, 7) is 6.82. The molecule has 0 radical (unpaired) electrons. The lowest BCUT2D eigenvalue weighted by atomic mass is 9.97. The third-order valence-corrected chi connectivity index (χ3v) is 4.89. The van der Waals surface area contributed by atoms with Crippen molar-refractivity contribution < 1.29 is 4.74 Å². The minimum absolute atomic E-state index is 0.549. The molecule has 130 valence electrons. The molecule has 4 rings (SSSR count). The van der Waals surface area contributed by atoms with Crippen molar-refractivity contribution in [2.75, 3.05) is 24.6 Å². The first-order valence-corrected chi connectivity index (χ1v) is 8.68. The van der Waals surface area contributed by atoms with Gasteiger partial charge in [-0.3, -0.25) is 0 Å². The van der Waals surface area contributed by atoms with Crippen LogP contribution in [0.2, 0.25) is 0 Å². The lowest BCUT2D eigenvalue weighted by Crippen LogP contribution is -2.37. The molecule has 0 saturated carbocycles. The van der Waals surface area contributed by atoms with Gasteiger partial charge in [0.2, 0.25) is 5.88 Å². The van der Waals surface area contributed by atoms with Crippen LogP contribution in [0, 0.1) is 19.8 Å². The largest absolute Gasteiger partial charge is 0.477 e. The van der Waals surface area contributed by atoms with Gasteiger partial charge in [-0.25, -0.2) is 9.97 Å². The van der Waals surface area contributed by atoms with Gasteiger partial charge in [0.25, 0.3) is 5.78 Å². The molecule has 0 aliphatic carbocycles. The van der Waals surface area contributed by atoms with Gasteiger partial charge in [-0.2, -0.15) is 14.6 Å². The maximum absolute atomic E-state index is 5.82. The monoisotopic (exact) mass is 338 g/mol. The smallest absolute Gasteiger partial charge is 0.254 e. The lowest BCUT2D eigenvalue weighted by molar-refractivity contribution is 0.216. The minimum atomic E-state index is 0.549. The van der Waals surface area contributed by atoms with E-state index in [4.69, 9.17) is 4.74 Å². The molecule has 0 amide bonds. The van der Waals surface area contributed by atoms with Crippen LogP contribution in [-0.2, 0) is 0 Å². The van der Waals surface area contributed by atoms with Gasteiger partial charge in [0, 0.05) is 36.6 Å². The molecule has 0 N–H and O–H groups in total. The van der Waals surface area contributed by atoms with E-state index in [9.17, 15) is 0 Å². The number of fused-ring (bicyclic) bond motifs is 1. The van der Waals surface area contributed by atoms with E-state index < -0.39 is 0 Å². The van der Waals surface area contributed by atoms with Crippen molar-refractivity contribution in [3.63, 3.8) is 0 Å². The third kappa shape index (κ3) is 3.14. The van der Waals surface area contributed by atoms with Gasteiger partial charge >= 0.3 is 0 Å². The topological polar surface area (TPSA) is 68.4 Å². The van der Waals surface area contributed by atoms with Crippen molar-refractivity contribution in [1.82, 2.24) is 24.6 Å². The maximum atomic E-state index is 5.82. The Morgan fingerprint density at radius 1 is 1.16 bits per heavy atom. The van der Waals surface area contributed by atoms with Crippen LogP contribution in [0.1, 0.15) is 24.1 Å². The Bertz CT molecular complexity index is 855. The van der Waals surface area contributed by atoms with Crippen LogP contribution in [0.5, 0.6) is 5.88 Å². The zero-order chi connectivity index (χ0) is 17.2. The number of hydrogen-bond acceptors (Lipinski definition) is 6. The van der Waals surface area contributed by atoms with E-state index >= 15 is 0 Å². The quantitative estimate of drug-likeness (QED) is 0.728. The van der Waals surface area contributed by atoms with Crippen molar-refractivity contribution in [2.45, 2.75) is 26.7 Å². The van der Waals surface area contributed by atoms with E-state index in [0.29, 0.717) is 17.6 Å². The number of nitrogens with zero attached hydrogens (tertiary/aromatic N) is 6. The predicted octanol–water partition coefficient (Wildman–Crippen LogP) is 2.43. The molecule has 25 heavy (non-hydrogen) atoms. The van der Waals surface area contributed by atoms with Crippen LogP contribution >= 0.6 is 0 Å². The van der Waals surface area contributed by atoms with Gasteiger partial charge in [-0.1, -0.05) is 6.07 Å². The SMILES string of the molecule is Cc1nc2ncnn2c(N2CCC(COc3ccccn3)CC2)c1C. The van der Waals surface area contributed by atoms with Crippen molar-refractivity contribution >= 4 is 11.6 Å². The minimum Gasteiger partial charge on any atom is -0.477 e. The van der Waals surface area contributed by atoms with Crippen molar-refractivity contribution in [3.8, 4) is 5.88 Å². The fourth-order valence-electron chi connectivity index (χ4n) is 3.33. The number of piperidine rings is 1. The van der Waals surface area contributed by atoms with Gasteiger partial charge in [0.15, 0.2) is 0 Å². The van der Waals surface area contributed by atoms with E-state index in [1.165, 1.54) is 5.56 Å². The Balaban J connectivity index is 1.44. The fourth-order valence-corrected chi connectivity index (χ4v) is 3.33. The van der Waals surface area contributed by atoms with E-state index in [0.717, 1.165) is 44.0 Å². The molecular formula is C18H22N6O. The molecular weight excluding hydrogens is 316 g/mol. The van der Waals surface area contributed by atoms with Gasteiger partial charge in [0.05, 0.1) is 6.61 Å². The Kier molecular flexibility index (Phi) is 4.21. The molecule has 1 fully saturated rings. The second-order valence-corrected chi connectivity index (χ2v) is 6.53. The molecule has 0 unspecified atom stereocenters. The molecule has 0 bridgehead atoms. The molecule has 0 atom stereocenters. The summed E-state index contributed by atoms with van der Waals surface area (Å²) in [5.41, 5.74) is 2.18. The Morgan fingerprint density at radius 3 is 2.76 bits per heavy atom. The average molecular weight is 338 g/mol. The summed E-state index contributed by atoms with van der Waals surface area (Å²) < 4.78 is 7.67. The number of pyridine rings is 1. The number of aryl methyl sites for hydroxylation is 1. The van der Waals surface area contributed by atoms with Crippen molar-refractivity contribution in [3.05, 3.63) is 42.0 Å². The molecule has 1 aliphatic heterocycles. The standard InChI is InChI=1S/C18H22N6O/c1-13-14(2)22-18-20-12-21-24(18)17(13)23-9-6-15(7-10-23)11-25-16-5-3-4-8-19-16/h3-5,8,12,15H,6-7,9-11H2,1-2H3. The summed E-state index contributed by atoms with van der Waals surface area (Å²) in [5, 5.41) is 4.36. The number of anilines is 1. The van der Waals surface area contributed by atoms with Crippen LogP contribution in [0.3, 0.4) is 0 Å². The van der Waals surface area contributed by atoms with Crippen LogP contribution < -0.4 is 9.64 Å². The summed E-state index contributed by atoms with van der Waals surface area (Å²) in [6.07, 6.45) is 5.50. The normalized spacial score (nSPS) is 15.7. The van der Waals surface area contributed by atoms with E-state index in [-0.39, 0.29) is 0 Å². The van der Waals surface area contributed by atoms with Crippen LogP contribution in [0.25, 0.3) is 5.78 Å². The van der Waals surface area contributed by atoms with Gasteiger partial charge in [-0.05, 0) is 38.7 Å². The molecule has 3 aromatic heterocycles. The van der Waals surface area contributed by atoms with Crippen LogP contribution in [0.15, 0.2) is 30.7 Å². The summed E-state index contributed by atoms with van der Waals surface area (Å²) >= 11 is 0. The van der Waals surface area contributed by atoms with Gasteiger partial charge < -0.3 is 9.64 Å². The average Bonchev–Trinajstić information content (AvgIpc) is 3.10. The molecule has 7 nitrogen and oxygen atoms in total. The highest BCUT2D eigenvalue weighted by molar-refractivity contribution is 5.54. The molecule has 3 aromatic rings. The number of rotatable bonds is 4. The summed E-state index contributed by atoms with van der Waals surface area (Å²) in [6, 6.07) is 5.75. The molecule has 1 aliphatic rings. The van der Waals surface area contributed by atoms with Crippen molar-refractivity contribution in [2.24, 2.45) is 5.92 Å². The van der Waals surface area contributed by atoms with Crippen LogP contribution in [-0.4, -0.2) is 44.3 Å². The zero-order valence-corrected chi connectivity index (χ0v) is 14.6. The first-order valence-electron chi connectivity index (χ1n) is 8.68. The number of hydrogen-bond donors (Lipinski definition) is 0. The van der Waals surface area contributed by atoms with Gasteiger partial charge in [0.1, 0.15) is 12.1 Å². The fraction of sp³-hybridized carbons (Fsp3) is 0.444. The second kappa shape index (κ2) is 6.66. The van der Waals surface area contributed by atoms with E-state index in [1.807, 2.05) is 29.6 Å². The lowest BCUT2D eigenvalue weighted by Gasteiger charge is -2.34. The molecule has 1 saturated heterocycles. The first-order chi connectivity index (χ1) is 12.2. The Morgan fingerprint density at radius 2 is 2.00 bits per heavy atom. The molecule has 4 heterocycles. The van der Waals surface area contributed by atoms with E-state index in [1.54, 1.807) is 12.5 Å². The highest BCUT2D eigenvalue weighted by Crippen LogP contribution is 2.27. The Labute approximate surface area is 146 Å². The molecule has 0 spiro atoms. The highest BCUT2D eigenvalue weighted by atomic mass is 16.5. The second-order valence-electron chi connectivity index (χ2n) is 6.53. The Hall–Kier alpha value is -2.70. The van der Waals surface area contributed by atoms with Crippen molar-refractivity contribution in [1.29, 1.82) is 0 Å². The number of ether oxygens (including phenoxy) is 1. The maximum Gasteiger partial charge on any atom is 0.254 e. The first kappa shape index (κ1) is 15.8. The number of aromatic nitrogens is 5. The summed E-state index contributed by atoms with van der Waals surface area (Å²) in [7, 11) is 0. The molecule has 0 aromatic carbocycles. The zero-order valence-electron chi connectivity index (χ0n) is 14.6. The van der Waals surface area contributed by atoms with E-state index in [2.05, 4.69) is 31.9 Å². The van der Waals surface area contributed by atoms with Gasteiger partial charge in [-0.15, -0.1) is 0 Å². The highest BCUT2D eigenvalue weighted by Gasteiger charge is 2.24.